The van der Waals surface area contributed by atoms with E-state index in [9.17, 15) is 18.0 Å². The van der Waals surface area contributed by atoms with Gasteiger partial charge in [0.25, 0.3) is 0 Å². The fraction of sp³-hybridized carbons (Fsp3) is 0.467. The van der Waals surface area contributed by atoms with Crippen LogP contribution in [0.4, 0.5) is 10.5 Å². The summed E-state index contributed by atoms with van der Waals surface area (Å²) in [6, 6.07) is 6.09. The van der Waals surface area contributed by atoms with Crippen LogP contribution in [-0.4, -0.2) is 55.4 Å². The number of nitrogens with zero attached hydrogens (tertiary/aromatic N) is 2. The van der Waals surface area contributed by atoms with Crippen LogP contribution in [0.3, 0.4) is 0 Å². The molecule has 0 unspecified atom stereocenters. The Bertz CT molecular complexity index is 744. The molecule has 2 aliphatic heterocycles. The summed E-state index contributed by atoms with van der Waals surface area (Å²) in [7, 11) is -3.24. The minimum absolute atomic E-state index is 0.0891. The molecular weight excluding hydrogens is 318 g/mol. The maximum atomic E-state index is 12.7. The lowest BCUT2D eigenvalue weighted by molar-refractivity contribution is -0.118. The van der Waals surface area contributed by atoms with E-state index in [1.165, 1.54) is 9.80 Å². The van der Waals surface area contributed by atoms with Gasteiger partial charge < -0.3 is 10.6 Å². The molecule has 0 bridgehead atoms. The quantitative estimate of drug-likeness (QED) is 0.790. The normalized spacial score (nSPS) is 25.7. The molecule has 8 heteroatoms. The van der Waals surface area contributed by atoms with Gasteiger partial charge in [-0.2, -0.15) is 0 Å². The molecular formula is C15H19N3O4S. The van der Waals surface area contributed by atoms with Gasteiger partial charge in [-0.1, -0.05) is 19.1 Å². The summed E-state index contributed by atoms with van der Waals surface area (Å²) in [6.45, 7) is 1.77. The number of aryl methyl sites for hydroxylation is 1. The van der Waals surface area contributed by atoms with Crippen LogP contribution in [0, 0.1) is 0 Å². The monoisotopic (exact) mass is 337 g/mol. The number of sulfone groups is 1. The average Bonchev–Trinajstić information content (AvgIpc) is 2.91. The molecule has 3 rings (SSSR count). The fourth-order valence-corrected chi connectivity index (χ4v) is 5.27. The van der Waals surface area contributed by atoms with Crippen LogP contribution in [0.5, 0.6) is 0 Å². The van der Waals surface area contributed by atoms with Crippen molar-refractivity contribution in [3.05, 3.63) is 29.8 Å². The molecule has 0 spiro atoms. The largest absolute Gasteiger partial charge is 0.368 e. The van der Waals surface area contributed by atoms with E-state index in [1.54, 1.807) is 0 Å². The minimum atomic E-state index is -3.24. The van der Waals surface area contributed by atoms with Crippen LogP contribution in [0.2, 0.25) is 0 Å². The highest BCUT2D eigenvalue weighted by atomic mass is 32.2. The molecule has 2 N–H and O–H groups in total. The third kappa shape index (κ3) is 2.78. The molecule has 3 amide bonds. The van der Waals surface area contributed by atoms with E-state index in [0.717, 1.165) is 12.0 Å². The average molecular weight is 337 g/mol. The number of hydrogen-bond donors (Lipinski definition) is 1. The smallest absolute Gasteiger partial charge is 0.325 e. The van der Waals surface area contributed by atoms with Gasteiger partial charge in [-0.25, -0.2) is 13.2 Å². The minimum Gasteiger partial charge on any atom is -0.368 e. The second-order valence-corrected chi connectivity index (χ2v) is 8.13. The molecule has 23 heavy (non-hydrogen) atoms. The summed E-state index contributed by atoms with van der Waals surface area (Å²) in [5, 5.41) is 0. The first-order valence-corrected chi connectivity index (χ1v) is 9.32. The Morgan fingerprint density at radius 1 is 1.22 bits per heavy atom. The first-order valence-electron chi connectivity index (χ1n) is 7.50. The zero-order valence-corrected chi connectivity index (χ0v) is 13.6. The Kier molecular flexibility index (Phi) is 3.79. The van der Waals surface area contributed by atoms with Gasteiger partial charge in [0.1, 0.15) is 6.54 Å². The van der Waals surface area contributed by atoms with Crippen molar-refractivity contribution >= 4 is 27.5 Å². The molecule has 124 valence electrons. The summed E-state index contributed by atoms with van der Waals surface area (Å²) >= 11 is 0. The van der Waals surface area contributed by atoms with Crippen molar-refractivity contribution in [1.82, 2.24) is 4.90 Å². The van der Waals surface area contributed by atoms with Gasteiger partial charge in [0, 0.05) is 5.69 Å². The second-order valence-electron chi connectivity index (χ2n) is 5.98. The van der Waals surface area contributed by atoms with Crippen LogP contribution in [-0.2, 0) is 21.1 Å². The number of carbonyl (C=O) groups is 2. The SMILES string of the molecule is CCc1ccc(N2C(=O)N(CC(N)=O)[C@H]3CS(=O)(=O)C[C@@H]32)cc1. The number of hydrogen-bond acceptors (Lipinski definition) is 4. The standard InChI is InChI=1S/C15H19N3O4S/c1-2-10-3-5-11(6-4-10)18-13-9-23(21,22)8-12(13)17(15(18)20)7-14(16)19/h3-6,12-13H,2,7-9H2,1H3,(H2,16,19)/t12-,13-/m0/s1. The third-order valence-corrected chi connectivity index (χ3v) is 6.13. The van der Waals surface area contributed by atoms with E-state index >= 15 is 0 Å². The topological polar surface area (TPSA) is 101 Å². The van der Waals surface area contributed by atoms with E-state index in [1.807, 2.05) is 31.2 Å². The number of rotatable bonds is 4. The van der Waals surface area contributed by atoms with Crippen molar-refractivity contribution in [3.8, 4) is 0 Å². The molecule has 1 aromatic carbocycles. The summed E-state index contributed by atoms with van der Waals surface area (Å²) < 4.78 is 24.0. The first kappa shape index (κ1) is 15.8. The molecule has 2 atom stereocenters. The van der Waals surface area contributed by atoms with Crippen LogP contribution in [0.1, 0.15) is 12.5 Å². The number of primary amides is 1. The summed E-state index contributed by atoms with van der Waals surface area (Å²) in [4.78, 5) is 26.7. The summed E-state index contributed by atoms with van der Waals surface area (Å²) in [6.07, 6.45) is 0.877. The number of nitrogens with two attached hydrogens (primary N) is 1. The maximum absolute atomic E-state index is 12.7. The van der Waals surface area contributed by atoms with E-state index < -0.39 is 27.8 Å². The molecule has 0 aliphatic carbocycles. The van der Waals surface area contributed by atoms with Crippen molar-refractivity contribution in [2.24, 2.45) is 5.73 Å². The fourth-order valence-electron chi connectivity index (χ4n) is 3.32. The highest BCUT2D eigenvalue weighted by Gasteiger charge is 2.54. The zero-order valence-electron chi connectivity index (χ0n) is 12.8. The van der Waals surface area contributed by atoms with E-state index in [2.05, 4.69) is 0 Å². The Hall–Kier alpha value is -2.09. The number of urea groups is 1. The van der Waals surface area contributed by atoms with E-state index in [0.29, 0.717) is 5.69 Å². The predicted molar refractivity (Wildman–Crippen MR) is 85.8 cm³/mol. The van der Waals surface area contributed by atoms with Crippen LogP contribution < -0.4 is 10.6 Å². The van der Waals surface area contributed by atoms with Crippen molar-refractivity contribution in [3.63, 3.8) is 0 Å². The Balaban J connectivity index is 1.98. The van der Waals surface area contributed by atoms with Crippen LogP contribution in [0.15, 0.2) is 24.3 Å². The Morgan fingerprint density at radius 2 is 1.83 bits per heavy atom. The molecule has 0 radical (unpaired) electrons. The molecule has 0 saturated carbocycles. The summed E-state index contributed by atoms with van der Waals surface area (Å²) in [5.41, 5.74) is 6.98. The van der Waals surface area contributed by atoms with Crippen molar-refractivity contribution < 1.29 is 18.0 Å². The number of anilines is 1. The molecule has 2 aliphatic rings. The van der Waals surface area contributed by atoms with Gasteiger partial charge in [-0.3, -0.25) is 9.69 Å². The lowest BCUT2D eigenvalue weighted by atomic mass is 10.1. The second kappa shape index (κ2) is 5.52. The van der Waals surface area contributed by atoms with Gasteiger partial charge in [-0.15, -0.1) is 0 Å². The lowest BCUT2D eigenvalue weighted by Gasteiger charge is -2.22. The van der Waals surface area contributed by atoms with E-state index in [4.69, 9.17) is 5.73 Å². The number of amides is 3. The molecule has 1 aromatic rings. The van der Waals surface area contributed by atoms with Gasteiger partial charge in [0.2, 0.25) is 5.91 Å². The maximum Gasteiger partial charge on any atom is 0.325 e. The Morgan fingerprint density at radius 3 is 2.39 bits per heavy atom. The predicted octanol–water partition coefficient (Wildman–Crippen LogP) is 0.142. The highest BCUT2D eigenvalue weighted by molar-refractivity contribution is 7.91. The van der Waals surface area contributed by atoms with Gasteiger partial charge in [0.15, 0.2) is 9.84 Å². The molecule has 2 fully saturated rings. The zero-order chi connectivity index (χ0) is 16.8. The van der Waals surface area contributed by atoms with Gasteiger partial charge in [-0.05, 0) is 24.1 Å². The van der Waals surface area contributed by atoms with Gasteiger partial charge >= 0.3 is 6.03 Å². The van der Waals surface area contributed by atoms with Crippen LogP contribution in [0.25, 0.3) is 0 Å². The van der Waals surface area contributed by atoms with Crippen molar-refractivity contribution in [1.29, 1.82) is 0 Å². The highest BCUT2D eigenvalue weighted by Crippen LogP contribution is 2.34. The van der Waals surface area contributed by atoms with Gasteiger partial charge in [0.05, 0.1) is 23.6 Å². The van der Waals surface area contributed by atoms with Crippen molar-refractivity contribution in [2.75, 3.05) is 23.0 Å². The molecule has 7 nitrogen and oxygen atoms in total. The Labute approximate surface area is 135 Å². The van der Waals surface area contributed by atoms with Crippen LogP contribution >= 0.6 is 0 Å². The first-order chi connectivity index (χ1) is 10.8. The molecule has 2 saturated heterocycles. The third-order valence-electron chi connectivity index (χ3n) is 4.43. The summed E-state index contributed by atoms with van der Waals surface area (Å²) in [5.74, 6) is -0.862. The van der Waals surface area contributed by atoms with E-state index in [-0.39, 0.29) is 24.1 Å². The lowest BCUT2D eigenvalue weighted by Crippen LogP contribution is -2.42. The molecule has 2 heterocycles. The molecule has 0 aromatic heterocycles. The number of carbonyl (C=O) groups excluding carboxylic acids is 2. The number of fused-ring (bicyclic) bond motifs is 1. The van der Waals surface area contributed by atoms with Crippen molar-refractivity contribution in [2.45, 2.75) is 25.4 Å². The number of benzene rings is 1.